The van der Waals surface area contributed by atoms with Gasteiger partial charge in [0, 0.05) is 29.7 Å². The average molecular weight is 258 g/mol. The highest BCUT2D eigenvalue weighted by Crippen LogP contribution is 2.22. The lowest BCUT2D eigenvalue weighted by molar-refractivity contribution is 0.0471. The third-order valence-electron chi connectivity index (χ3n) is 2.85. The minimum atomic E-state index is -0.451. The second-order valence-corrected chi connectivity index (χ2v) is 4.16. The molecule has 1 N–H and O–H groups in total. The van der Waals surface area contributed by atoms with Crippen molar-refractivity contribution in [3.05, 3.63) is 53.1 Å². The molecule has 0 aliphatic rings. The van der Waals surface area contributed by atoms with E-state index in [1.165, 1.54) is 6.20 Å². The van der Waals surface area contributed by atoms with E-state index in [0.29, 0.717) is 22.4 Å². The number of pyridine rings is 2. The van der Waals surface area contributed by atoms with Crippen LogP contribution in [-0.2, 0) is 11.3 Å². The fourth-order valence-corrected chi connectivity index (χ4v) is 1.61. The molecule has 0 aliphatic heterocycles. The number of aryl methyl sites for hydroxylation is 1. The van der Waals surface area contributed by atoms with E-state index in [9.17, 15) is 9.90 Å². The van der Waals surface area contributed by atoms with Crippen LogP contribution in [0.2, 0.25) is 0 Å². The first-order chi connectivity index (χ1) is 9.09. The maximum atomic E-state index is 11.7. The molecular formula is C14H14N2O3. The normalized spacial score (nSPS) is 10.2. The van der Waals surface area contributed by atoms with Crippen LogP contribution in [0, 0.1) is 13.8 Å². The predicted molar refractivity (Wildman–Crippen MR) is 68.7 cm³/mol. The van der Waals surface area contributed by atoms with Gasteiger partial charge in [-0.3, -0.25) is 9.97 Å². The molecule has 0 atom stereocenters. The standard InChI is InChI=1S/C14H14N2O3/c1-9-12(7-16-10(2)13(9)17)8-19-14(18)11-4-3-5-15-6-11/h3-7,17H,8H2,1-2H3. The quantitative estimate of drug-likeness (QED) is 0.854. The van der Waals surface area contributed by atoms with Crippen LogP contribution < -0.4 is 0 Å². The van der Waals surface area contributed by atoms with Crippen molar-refractivity contribution >= 4 is 5.97 Å². The molecular weight excluding hydrogens is 244 g/mol. The van der Waals surface area contributed by atoms with E-state index in [0.717, 1.165) is 0 Å². The maximum Gasteiger partial charge on any atom is 0.340 e. The highest BCUT2D eigenvalue weighted by molar-refractivity contribution is 5.88. The third kappa shape index (κ3) is 2.88. The van der Waals surface area contributed by atoms with Gasteiger partial charge in [0.1, 0.15) is 12.4 Å². The first-order valence-corrected chi connectivity index (χ1v) is 5.80. The van der Waals surface area contributed by atoms with Crippen molar-refractivity contribution in [2.75, 3.05) is 0 Å². The van der Waals surface area contributed by atoms with Gasteiger partial charge in [0.15, 0.2) is 0 Å². The predicted octanol–water partition coefficient (Wildman–Crippen LogP) is 2.16. The van der Waals surface area contributed by atoms with E-state index in [2.05, 4.69) is 9.97 Å². The van der Waals surface area contributed by atoms with Crippen molar-refractivity contribution in [1.82, 2.24) is 9.97 Å². The van der Waals surface area contributed by atoms with Crippen molar-refractivity contribution in [3.8, 4) is 5.75 Å². The van der Waals surface area contributed by atoms with E-state index in [1.54, 1.807) is 38.4 Å². The van der Waals surface area contributed by atoms with Crippen molar-refractivity contribution in [3.63, 3.8) is 0 Å². The number of nitrogens with zero attached hydrogens (tertiary/aromatic N) is 2. The summed E-state index contributed by atoms with van der Waals surface area (Å²) in [6.45, 7) is 3.55. The summed E-state index contributed by atoms with van der Waals surface area (Å²) in [6, 6.07) is 3.30. The fourth-order valence-electron chi connectivity index (χ4n) is 1.61. The van der Waals surface area contributed by atoms with Crippen molar-refractivity contribution < 1.29 is 14.6 Å². The van der Waals surface area contributed by atoms with Gasteiger partial charge in [-0.2, -0.15) is 0 Å². The Morgan fingerprint density at radius 2 is 2.16 bits per heavy atom. The Kier molecular flexibility index (Phi) is 3.75. The summed E-state index contributed by atoms with van der Waals surface area (Å²) in [5, 5.41) is 9.76. The highest BCUT2D eigenvalue weighted by Gasteiger charge is 2.11. The molecule has 0 saturated carbocycles. The minimum Gasteiger partial charge on any atom is -0.506 e. The fraction of sp³-hybridized carbons (Fsp3) is 0.214. The minimum absolute atomic E-state index is 0.0698. The first-order valence-electron chi connectivity index (χ1n) is 5.80. The molecule has 0 spiro atoms. The van der Waals surface area contributed by atoms with Gasteiger partial charge in [-0.1, -0.05) is 0 Å². The smallest absolute Gasteiger partial charge is 0.340 e. The lowest BCUT2D eigenvalue weighted by Crippen LogP contribution is -2.07. The lowest BCUT2D eigenvalue weighted by atomic mass is 10.1. The molecule has 0 fully saturated rings. The van der Waals surface area contributed by atoms with Crippen molar-refractivity contribution in [2.24, 2.45) is 0 Å². The zero-order chi connectivity index (χ0) is 13.8. The summed E-state index contributed by atoms with van der Waals surface area (Å²) in [4.78, 5) is 19.6. The van der Waals surface area contributed by atoms with E-state index in [4.69, 9.17) is 4.74 Å². The Balaban J connectivity index is 2.08. The van der Waals surface area contributed by atoms with Crippen LogP contribution in [0.15, 0.2) is 30.7 Å². The molecule has 2 aromatic heterocycles. The maximum absolute atomic E-state index is 11.7. The van der Waals surface area contributed by atoms with Gasteiger partial charge in [0.25, 0.3) is 0 Å². The number of carbonyl (C=O) groups is 1. The molecule has 0 aromatic carbocycles. The van der Waals surface area contributed by atoms with Crippen LogP contribution in [0.1, 0.15) is 27.2 Å². The van der Waals surface area contributed by atoms with Crippen LogP contribution in [0.4, 0.5) is 0 Å². The molecule has 0 unspecified atom stereocenters. The Hall–Kier alpha value is -2.43. The molecule has 2 rings (SSSR count). The van der Waals surface area contributed by atoms with Gasteiger partial charge in [0.2, 0.25) is 0 Å². The van der Waals surface area contributed by atoms with E-state index >= 15 is 0 Å². The van der Waals surface area contributed by atoms with Crippen LogP contribution in [-0.4, -0.2) is 21.0 Å². The van der Waals surface area contributed by atoms with Gasteiger partial charge < -0.3 is 9.84 Å². The van der Waals surface area contributed by atoms with Crippen molar-refractivity contribution in [2.45, 2.75) is 20.5 Å². The lowest BCUT2D eigenvalue weighted by Gasteiger charge is -2.09. The number of ether oxygens (including phenoxy) is 1. The summed E-state index contributed by atoms with van der Waals surface area (Å²) in [5.74, 6) is -0.317. The Bertz CT molecular complexity index is 597. The Labute approximate surface area is 110 Å². The van der Waals surface area contributed by atoms with E-state index < -0.39 is 5.97 Å². The monoisotopic (exact) mass is 258 g/mol. The molecule has 0 bridgehead atoms. The topological polar surface area (TPSA) is 72.3 Å². The molecule has 5 heteroatoms. The van der Waals surface area contributed by atoms with Crippen LogP contribution in [0.25, 0.3) is 0 Å². The Morgan fingerprint density at radius 3 is 2.84 bits per heavy atom. The van der Waals surface area contributed by atoms with Crippen LogP contribution >= 0.6 is 0 Å². The van der Waals surface area contributed by atoms with Gasteiger partial charge in [0.05, 0.1) is 11.3 Å². The molecule has 2 aromatic rings. The molecule has 98 valence electrons. The first kappa shape index (κ1) is 13.0. The van der Waals surface area contributed by atoms with Gasteiger partial charge >= 0.3 is 5.97 Å². The summed E-state index contributed by atoms with van der Waals surface area (Å²) in [5.41, 5.74) is 2.30. The average Bonchev–Trinajstić information content (AvgIpc) is 2.45. The number of carbonyl (C=O) groups excluding carboxylic acids is 1. The molecule has 2 heterocycles. The van der Waals surface area contributed by atoms with Crippen LogP contribution in [0.5, 0.6) is 5.75 Å². The second kappa shape index (κ2) is 5.48. The number of esters is 1. The van der Waals surface area contributed by atoms with Crippen LogP contribution in [0.3, 0.4) is 0 Å². The molecule has 0 radical (unpaired) electrons. The van der Waals surface area contributed by atoms with Gasteiger partial charge in [-0.25, -0.2) is 4.79 Å². The summed E-state index contributed by atoms with van der Waals surface area (Å²) >= 11 is 0. The SMILES string of the molecule is Cc1ncc(COC(=O)c2cccnc2)c(C)c1O. The number of aromatic nitrogens is 2. The largest absolute Gasteiger partial charge is 0.506 e. The molecule has 0 aliphatic carbocycles. The molecule has 19 heavy (non-hydrogen) atoms. The highest BCUT2D eigenvalue weighted by atomic mass is 16.5. The molecule has 0 amide bonds. The summed E-state index contributed by atoms with van der Waals surface area (Å²) < 4.78 is 5.16. The Morgan fingerprint density at radius 1 is 1.37 bits per heavy atom. The van der Waals surface area contributed by atoms with Crippen molar-refractivity contribution in [1.29, 1.82) is 0 Å². The summed E-state index contributed by atoms with van der Waals surface area (Å²) in [6.07, 6.45) is 4.63. The summed E-state index contributed by atoms with van der Waals surface area (Å²) in [7, 11) is 0. The van der Waals surface area contributed by atoms with Gasteiger partial charge in [-0.15, -0.1) is 0 Å². The molecule has 5 nitrogen and oxygen atoms in total. The molecule has 0 saturated heterocycles. The van der Waals surface area contributed by atoms with E-state index in [-0.39, 0.29) is 12.4 Å². The zero-order valence-electron chi connectivity index (χ0n) is 10.8. The number of hydrogen-bond acceptors (Lipinski definition) is 5. The second-order valence-electron chi connectivity index (χ2n) is 4.16. The number of rotatable bonds is 3. The zero-order valence-corrected chi connectivity index (χ0v) is 10.8. The van der Waals surface area contributed by atoms with Gasteiger partial charge in [-0.05, 0) is 26.0 Å². The number of aromatic hydroxyl groups is 1. The van der Waals surface area contributed by atoms with E-state index in [1.807, 2.05) is 0 Å². The number of hydrogen-bond donors (Lipinski definition) is 1. The third-order valence-corrected chi connectivity index (χ3v) is 2.85.